The number of hydrogen-bond donors (Lipinski definition) is 1. The van der Waals surface area contributed by atoms with E-state index in [1.165, 1.54) is 6.92 Å². The van der Waals surface area contributed by atoms with Crippen molar-refractivity contribution in [3.63, 3.8) is 0 Å². The summed E-state index contributed by atoms with van der Waals surface area (Å²) < 4.78 is 24.2. The number of amides is 1. The van der Waals surface area contributed by atoms with Gasteiger partial charge >= 0.3 is 0 Å². The fraction of sp³-hybridized carbons (Fsp3) is 0.318. The molecule has 1 fully saturated rings. The first-order valence-electron chi connectivity index (χ1n) is 9.59. The summed E-state index contributed by atoms with van der Waals surface area (Å²) in [4.78, 5) is 20.2. The maximum Gasteiger partial charge on any atom is 0.237 e. The minimum atomic E-state index is -1.42. The number of halogens is 1. The SMILES string of the molecule is CC(F)Oc1ccc(-c2cc(O[C@H](C)[C@H]3CNC(=O)C3)c3cccnc3c2)cn1. The van der Waals surface area contributed by atoms with Crippen molar-refractivity contribution in [1.29, 1.82) is 0 Å². The summed E-state index contributed by atoms with van der Waals surface area (Å²) in [6, 6.07) is 11.2. The molecule has 1 aliphatic heterocycles. The van der Waals surface area contributed by atoms with Gasteiger partial charge in [-0.3, -0.25) is 9.78 Å². The topological polar surface area (TPSA) is 73.3 Å². The number of benzene rings is 1. The van der Waals surface area contributed by atoms with E-state index < -0.39 is 6.36 Å². The van der Waals surface area contributed by atoms with Crippen molar-refractivity contribution in [1.82, 2.24) is 15.3 Å². The van der Waals surface area contributed by atoms with Gasteiger partial charge in [0.1, 0.15) is 11.9 Å². The van der Waals surface area contributed by atoms with Gasteiger partial charge < -0.3 is 14.8 Å². The highest BCUT2D eigenvalue weighted by molar-refractivity contribution is 5.90. The highest BCUT2D eigenvalue weighted by Crippen LogP contribution is 2.33. The Morgan fingerprint density at radius 1 is 1.14 bits per heavy atom. The van der Waals surface area contributed by atoms with Crippen LogP contribution in [0.2, 0.25) is 0 Å². The summed E-state index contributed by atoms with van der Waals surface area (Å²) in [5.74, 6) is 1.11. The molecule has 3 atom stereocenters. The molecule has 0 radical (unpaired) electrons. The standard InChI is InChI=1S/C22H22FN3O3/c1-13(17-10-21(27)25-12-17)28-20-9-16(8-19-18(20)4-3-7-24-19)15-5-6-22(26-11-15)29-14(2)23/h3-9,11,13-14,17H,10,12H2,1-2H3,(H,25,27)/t13-,14?,17-/m1/s1. The molecule has 1 unspecified atom stereocenters. The van der Waals surface area contributed by atoms with Crippen molar-refractivity contribution >= 4 is 16.8 Å². The van der Waals surface area contributed by atoms with E-state index >= 15 is 0 Å². The van der Waals surface area contributed by atoms with E-state index in [2.05, 4.69) is 15.3 Å². The Kier molecular flexibility index (Phi) is 5.29. The minimum Gasteiger partial charge on any atom is -0.490 e. The lowest BCUT2D eigenvalue weighted by Gasteiger charge is -2.21. The molecule has 3 aromatic rings. The predicted octanol–water partition coefficient (Wildman–Crippen LogP) is 3.89. The average Bonchev–Trinajstić information content (AvgIpc) is 3.14. The van der Waals surface area contributed by atoms with Crippen molar-refractivity contribution < 1.29 is 18.7 Å². The molecule has 1 aromatic carbocycles. The number of carbonyl (C=O) groups excluding carboxylic acids is 1. The number of ether oxygens (including phenoxy) is 2. The van der Waals surface area contributed by atoms with Gasteiger partial charge in [0, 0.05) is 55.2 Å². The van der Waals surface area contributed by atoms with Gasteiger partial charge in [0.2, 0.25) is 18.1 Å². The van der Waals surface area contributed by atoms with Crippen LogP contribution in [0.1, 0.15) is 20.3 Å². The molecule has 6 nitrogen and oxygen atoms in total. The third-order valence-corrected chi connectivity index (χ3v) is 5.02. The number of rotatable bonds is 6. The molecule has 7 heteroatoms. The molecular weight excluding hydrogens is 373 g/mol. The van der Waals surface area contributed by atoms with Crippen molar-refractivity contribution in [2.45, 2.75) is 32.7 Å². The van der Waals surface area contributed by atoms with Gasteiger partial charge in [-0.2, -0.15) is 0 Å². The molecular formula is C22H22FN3O3. The normalized spacial score (nSPS) is 18.3. The van der Waals surface area contributed by atoms with Crippen LogP contribution in [0.3, 0.4) is 0 Å². The van der Waals surface area contributed by atoms with E-state index in [0.717, 1.165) is 22.0 Å². The van der Waals surface area contributed by atoms with Gasteiger partial charge in [0.25, 0.3) is 0 Å². The van der Waals surface area contributed by atoms with Crippen LogP contribution in [-0.4, -0.2) is 34.9 Å². The molecule has 0 spiro atoms. The predicted molar refractivity (Wildman–Crippen MR) is 107 cm³/mol. The van der Waals surface area contributed by atoms with Crippen LogP contribution in [0.5, 0.6) is 11.6 Å². The summed E-state index contributed by atoms with van der Waals surface area (Å²) >= 11 is 0. The fourth-order valence-electron chi connectivity index (χ4n) is 3.46. The van der Waals surface area contributed by atoms with Crippen LogP contribution < -0.4 is 14.8 Å². The Balaban J connectivity index is 1.66. The third kappa shape index (κ3) is 4.29. The number of nitrogens with zero attached hydrogens (tertiary/aromatic N) is 2. The molecule has 4 rings (SSSR count). The van der Waals surface area contributed by atoms with Crippen LogP contribution in [-0.2, 0) is 4.79 Å². The van der Waals surface area contributed by atoms with Gasteiger partial charge in [0.15, 0.2) is 0 Å². The largest absolute Gasteiger partial charge is 0.490 e. The lowest BCUT2D eigenvalue weighted by molar-refractivity contribution is -0.119. The molecule has 150 valence electrons. The summed E-state index contributed by atoms with van der Waals surface area (Å²) in [7, 11) is 0. The Morgan fingerprint density at radius 2 is 2.00 bits per heavy atom. The second kappa shape index (κ2) is 8.03. The van der Waals surface area contributed by atoms with Gasteiger partial charge in [-0.1, -0.05) is 0 Å². The van der Waals surface area contributed by atoms with Crippen molar-refractivity contribution in [2.24, 2.45) is 5.92 Å². The molecule has 0 bridgehead atoms. The molecule has 1 N–H and O–H groups in total. The Bertz CT molecular complexity index is 1020. The lowest BCUT2D eigenvalue weighted by atomic mass is 10.0. The number of carbonyl (C=O) groups is 1. The minimum absolute atomic E-state index is 0.0571. The van der Waals surface area contributed by atoms with E-state index in [4.69, 9.17) is 9.47 Å². The first-order valence-corrected chi connectivity index (χ1v) is 9.59. The number of aromatic nitrogens is 2. The van der Waals surface area contributed by atoms with Crippen molar-refractivity contribution in [3.8, 4) is 22.8 Å². The third-order valence-electron chi connectivity index (χ3n) is 5.02. The van der Waals surface area contributed by atoms with Crippen LogP contribution >= 0.6 is 0 Å². The van der Waals surface area contributed by atoms with Crippen LogP contribution in [0, 0.1) is 5.92 Å². The Hall–Kier alpha value is -3.22. The van der Waals surface area contributed by atoms with E-state index in [9.17, 15) is 9.18 Å². The molecule has 29 heavy (non-hydrogen) atoms. The quantitative estimate of drug-likeness (QED) is 0.685. The molecule has 3 heterocycles. The van der Waals surface area contributed by atoms with Gasteiger partial charge in [0.05, 0.1) is 5.52 Å². The molecule has 0 aliphatic carbocycles. The number of alkyl halides is 1. The summed E-state index contributed by atoms with van der Waals surface area (Å²) in [6.07, 6.45) is 2.28. The summed E-state index contributed by atoms with van der Waals surface area (Å²) in [5, 5.41) is 3.75. The molecule has 1 aliphatic rings. The zero-order chi connectivity index (χ0) is 20.4. The smallest absolute Gasteiger partial charge is 0.237 e. The number of nitrogens with one attached hydrogen (secondary N) is 1. The van der Waals surface area contributed by atoms with E-state index in [1.54, 1.807) is 18.5 Å². The second-order valence-electron chi connectivity index (χ2n) is 7.18. The van der Waals surface area contributed by atoms with Gasteiger partial charge in [-0.15, -0.1) is 0 Å². The van der Waals surface area contributed by atoms with Gasteiger partial charge in [-0.25, -0.2) is 9.37 Å². The number of fused-ring (bicyclic) bond motifs is 1. The molecule has 0 saturated carbocycles. The first-order chi connectivity index (χ1) is 14.0. The lowest BCUT2D eigenvalue weighted by Crippen LogP contribution is -2.25. The highest BCUT2D eigenvalue weighted by atomic mass is 19.1. The van der Waals surface area contributed by atoms with Crippen LogP contribution in [0.25, 0.3) is 22.0 Å². The Labute approximate surface area is 168 Å². The zero-order valence-electron chi connectivity index (χ0n) is 16.3. The van der Waals surface area contributed by atoms with Crippen LogP contribution in [0.4, 0.5) is 4.39 Å². The maximum atomic E-state index is 13.0. The molecule has 1 saturated heterocycles. The summed E-state index contributed by atoms with van der Waals surface area (Å²) in [5.41, 5.74) is 2.52. The van der Waals surface area contributed by atoms with E-state index in [1.807, 2.05) is 37.3 Å². The molecule has 2 aromatic heterocycles. The highest BCUT2D eigenvalue weighted by Gasteiger charge is 2.28. The second-order valence-corrected chi connectivity index (χ2v) is 7.18. The van der Waals surface area contributed by atoms with E-state index in [-0.39, 0.29) is 23.8 Å². The zero-order valence-corrected chi connectivity index (χ0v) is 16.3. The van der Waals surface area contributed by atoms with Crippen molar-refractivity contribution in [3.05, 3.63) is 48.8 Å². The van der Waals surface area contributed by atoms with Crippen molar-refractivity contribution in [2.75, 3.05) is 6.54 Å². The Morgan fingerprint density at radius 3 is 2.69 bits per heavy atom. The average molecular weight is 395 g/mol. The van der Waals surface area contributed by atoms with E-state index in [0.29, 0.717) is 18.7 Å². The number of hydrogen-bond acceptors (Lipinski definition) is 5. The van der Waals surface area contributed by atoms with Gasteiger partial charge in [-0.05, 0) is 42.8 Å². The monoisotopic (exact) mass is 395 g/mol. The molecule has 1 amide bonds. The fourth-order valence-corrected chi connectivity index (χ4v) is 3.46. The van der Waals surface area contributed by atoms with Crippen LogP contribution in [0.15, 0.2) is 48.8 Å². The number of pyridine rings is 2. The first kappa shape index (κ1) is 19.1. The summed E-state index contributed by atoms with van der Waals surface area (Å²) in [6.45, 7) is 3.91. The maximum absolute atomic E-state index is 13.0.